The van der Waals surface area contributed by atoms with Crippen LogP contribution in [0.5, 0.6) is 0 Å². The smallest absolute Gasteiger partial charge is 0.306 e. The van der Waals surface area contributed by atoms with Crippen molar-refractivity contribution in [3.8, 4) is 0 Å². The minimum Gasteiger partial charge on any atom is -0.461 e. The Morgan fingerprint density at radius 1 is 1.30 bits per heavy atom. The van der Waals surface area contributed by atoms with Crippen LogP contribution in [0.3, 0.4) is 0 Å². The number of esters is 1. The number of hydrogen-bond donors (Lipinski definition) is 1. The van der Waals surface area contributed by atoms with Crippen LogP contribution in [0.1, 0.15) is 44.6 Å². The fraction of sp³-hybridized carbons (Fsp3) is 0.562. The van der Waals surface area contributed by atoms with Crippen LogP contribution in [-0.4, -0.2) is 12.5 Å². The molecule has 1 aromatic rings. The van der Waals surface area contributed by atoms with Crippen molar-refractivity contribution < 1.29 is 9.53 Å². The Morgan fingerprint density at radius 3 is 2.70 bits per heavy atom. The maximum atomic E-state index is 11.8. The van der Waals surface area contributed by atoms with Gasteiger partial charge in [-0.2, -0.15) is 0 Å². The van der Waals surface area contributed by atoms with Gasteiger partial charge in [0.25, 0.3) is 0 Å². The lowest BCUT2D eigenvalue weighted by Crippen LogP contribution is -2.12. The summed E-state index contributed by atoms with van der Waals surface area (Å²) in [5.41, 5.74) is 6.59. The number of carbonyl (C=O) groups excluding carboxylic acids is 1. The first-order valence-electron chi connectivity index (χ1n) is 7.26. The second-order valence-electron chi connectivity index (χ2n) is 5.02. The molecular weight excluding hydrogens is 318 g/mol. The molecule has 4 heteroatoms. The number of halogens is 1. The number of benzene rings is 1. The lowest BCUT2D eigenvalue weighted by atomic mass is 9.94. The number of nitrogens with two attached hydrogens (primary N) is 1. The van der Waals surface area contributed by atoms with Crippen LogP contribution in [0.25, 0.3) is 0 Å². The first-order chi connectivity index (χ1) is 9.67. The third kappa shape index (κ3) is 6.53. The molecule has 3 nitrogen and oxygen atoms in total. The molecule has 20 heavy (non-hydrogen) atoms. The summed E-state index contributed by atoms with van der Waals surface area (Å²) in [5, 5.41) is 0. The molecule has 0 fully saturated rings. The summed E-state index contributed by atoms with van der Waals surface area (Å²) < 4.78 is 6.29. The highest BCUT2D eigenvalue weighted by Crippen LogP contribution is 2.19. The fourth-order valence-corrected chi connectivity index (χ4v) is 2.64. The zero-order valence-electron chi connectivity index (χ0n) is 12.1. The zero-order valence-corrected chi connectivity index (χ0v) is 13.7. The average Bonchev–Trinajstić information content (AvgIpc) is 2.44. The van der Waals surface area contributed by atoms with Gasteiger partial charge in [-0.3, -0.25) is 4.79 Å². The highest BCUT2D eigenvalue weighted by atomic mass is 79.9. The standard InChI is InChI=1S/C16H24BrNO2/c1-2-5-13(10-11-18)8-9-16(19)20-12-14-6-3-4-7-15(14)17/h3-4,6-7,13H,2,5,8-12,18H2,1H3. The van der Waals surface area contributed by atoms with Gasteiger partial charge in [0.1, 0.15) is 6.61 Å². The van der Waals surface area contributed by atoms with Gasteiger partial charge in [0.2, 0.25) is 0 Å². The van der Waals surface area contributed by atoms with Crippen molar-refractivity contribution in [3.05, 3.63) is 34.3 Å². The van der Waals surface area contributed by atoms with E-state index in [4.69, 9.17) is 10.5 Å². The molecule has 0 amide bonds. The van der Waals surface area contributed by atoms with Crippen molar-refractivity contribution in [1.82, 2.24) is 0 Å². The minimum atomic E-state index is -0.126. The lowest BCUT2D eigenvalue weighted by molar-refractivity contribution is -0.145. The van der Waals surface area contributed by atoms with Gasteiger partial charge >= 0.3 is 5.97 Å². The number of hydrogen-bond acceptors (Lipinski definition) is 3. The summed E-state index contributed by atoms with van der Waals surface area (Å²) in [6, 6.07) is 7.78. The Hall–Kier alpha value is -0.870. The molecule has 0 aliphatic carbocycles. The molecule has 0 radical (unpaired) electrons. The van der Waals surface area contributed by atoms with Gasteiger partial charge in [-0.25, -0.2) is 0 Å². The Kier molecular flexibility index (Phi) is 8.54. The first-order valence-corrected chi connectivity index (χ1v) is 8.05. The fourth-order valence-electron chi connectivity index (χ4n) is 2.24. The van der Waals surface area contributed by atoms with Crippen LogP contribution in [0, 0.1) is 5.92 Å². The SMILES string of the molecule is CCCC(CCN)CCC(=O)OCc1ccccc1Br. The van der Waals surface area contributed by atoms with Gasteiger partial charge in [-0.05, 0) is 31.4 Å². The van der Waals surface area contributed by atoms with Crippen LogP contribution < -0.4 is 5.73 Å². The minimum absolute atomic E-state index is 0.126. The summed E-state index contributed by atoms with van der Waals surface area (Å²) >= 11 is 3.44. The van der Waals surface area contributed by atoms with Gasteiger partial charge in [0.05, 0.1) is 0 Å². The van der Waals surface area contributed by atoms with E-state index in [-0.39, 0.29) is 5.97 Å². The third-order valence-corrected chi connectivity index (χ3v) is 4.15. The molecule has 1 rings (SSSR count). The summed E-state index contributed by atoms with van der Waals surface area (Å²) in [6.07, 6.45) is 4.62. The van der Waals surface area contributed by atoms with Gasteiger partial charge in [-0.15, -0.1) is 0 Å². The highest BCUT2D eigenvalue weighted by Gasteiger charge is 2.11. The Morgan fingerprint density at radius 2 is 2.05 bits per heavy atom. The molecule has 0 saturated heterocycles. The second-order valence-corrected chi connectivity index (χ2v) is 5.88. The van der Waals surface area contributed by atoms with E-state index >= 15 is 0 Å². The van der Waals surface area contributed by atoms with Crippen LogP contribution in [0.2, 0.25) is 0 Å². The molecule has 0 spiro atoms. The van der Waals surface area contributed by atoms with Crippen LogP contribution in [0.4, 0.5) is 0 Å². The van der Waals surface area contributed by atoms with Gasteiger partial charge < -0.3 is 10.5 Å². The average molecular weight is 342 g/mol. The van der Waals surface area contributed by atoms with Gasteiger partial charge in [0, 0.05) is 16.5 Å². The van der Waals surface area contributed by atoms with E-state index in [9.17, 15) is 4.79 Å². The molecule has 0 saturated carbocycles. The normalized spacial score (nSPS) is 12.2. The number of ether oxygens (including phenoxy) is 1. The molecule has 0 aromatic heterocycles. The van der Waals surface area contributed by atoms with E-state index in [2.05, 4.69) is 22.9 Å². The molecule has 1 aromatic carbocycles. The maximum absolute atomic E-state index is 11.8. The Labute approximate surface area is 130 Å². The van der Waals surface area contributed by atoms with Crippen LogP contribution in [-0.2, 0) is 16.1 Å². The summed E-state index contributed by atoms with van der Waals surface area (Å²) in [7, 11) is 0. The van der Waals surface area contributed by atoms with Crippen molar-refractivity contribution >= 4 is 21.9 Å². The van der Waals surface area contributed by atoms with E-state index in [1.807, 2.05) is 24.3 Å². The van der Waals surface area contributed by atoms with E-state index in [1.165, 1.54) is 0 Å². The molecule has 0 heterocycles. The quantitative estimate of drug-likeness (QED) is 0.689. The van der Waals surface area contributed by atoms with E-state index in [0.29, 0.717) is 25.5 Å². The highest BCUT2D eigenvalue weighted by molar-refractivity contribution is 9.10. The summed E-state index contributed by atoms with van der Waals surface area (Å²) in [4.78, 5) is 11.8. The Balaban J connectivity index is 2.31. The van der Waals surface area contributed by atoms with Crippen molar-refractivity contribution in [1.29, 1.82) is 0 Å². The summed E-state index contributed by atoms with van der Waals surface area (Å²) in [6.45, 7) is 3.18. The van der Waals surface area contributed by atoms with Crippen molar-refractivity contribution in [2.45, 2.75) is 45.6 Å². The van der Waals surface area contributed by atoms with Crippen molar-refractivity contribution in [2.75, 3.05) is 6.54 Å². The number of carbonyl (C=O) groups is 1. The predicted octanol–water partition coefficient (Wildman–Crippen LogP) is 4.04. The van der Waals surface area contributed by atoms with Crippen LogP contribution >= 0.6 is 15.9 Å². The molecule has 0 aliphatic heterocycles. The molecule has 2 N–H and O–H groups in total. The molecule has 1 unspecified atom stereocenters. The first kappa shape index (κ1) is 17.2. The zero-order chi connectivity index (χ0) is 14.8. The lowest BCUT2D eigenvalue weighted by Gasteiger charge is -2.14. The van der Waals surface area contributed by atoms with E-state index < -0.39 is 0 Å². The van der Waals surface area contributed by atoms with Gasteiger partial charge in [0.15, 0.2) is 0 Å². The largest absolute Gasteiger partial charge is 0.461 e. The third-order valence-electron chi connectivity index (χ3n) is 3.38. The molecule has 0 aliphatic rings. The topological polar surface area (TPSA) is 52.3 Å². The Bertz CT molecular complexity index is 403. The summed E-state index contributed by atoms with van der Waals surface area (Å²) in [5.74, 6) is 0.417. The second kappa shape index (κ2) is 9.94. The van der Waals surface area contributed by atoms with E-state index in [0.717, 1.165) is 35.7 Å². The molecule has 112 valence electrons. The van der Waals surface area contributed by atoms with Gasteiger partial charge in [-0.1, -0.05) is 53.9 Å². The van der Waals surface area contributed by atoms with Crippen molar-refractivity contribution in [3.63, 3.8) is 0 Å². The maximum Gasteiger partial charge on any atom is 0.306 e. The molecule has 0 bridgehead atoms. The van der Waals surface area contributed by atoms with Crippen LogP contribution in [0.15, 0.2) is 28.7 Å². The molecular formula is C16H24BrNO2. The van der Waals surface area contributed by atoms with E-state index in [1.54, 1.807) is 0 Å². The number of rotatable bonds is 9. The monoisotopic (exact) mass is 341 g/mol. The molecule has 1 atom stereocenters. The van der Waals surface area contributed by atoms with Crippen molar-refractivity contribution in [2.24, 2.45) is 11.7 Å². The predicted molar refractivity (Wildman–Crippen MR) is 85.2 cm³/mol.